The average molecular weight is 337 g/mol. The number of unbranched alkanes of at least 4 members (excludes halogenated alkanes) is 1. The van der Waals surface area contributed by atoms with Crippen LogP contribution in [0.2, 0.25) is 0 Å². The van der Waals surface area contributed by atoms with Crippen molar-refractivity contribution in [2.24, 2.45) is 0 Å². The fraction of sp³-hybridized carbons (Fsp3) is 0.286. The highest BCUT2D eigenvalue weighted by atomic mass is 16.6. The van der Waals surface area contributed by atoms with E-state index in [4.69, 9.17) is 9.47 Å². The summed E-state index contributed by atoms with van der Waals surface area (Å²) in [6.45, 7) is 3.27. The van der Waals surface area contributed by atoms with Gasteiger partial charge in [0.2, 0.25) is 5.91 Å². The molecule has 0 aliphatic carbocycles. The number of nitrogens with one attached hydrogen (secondary N) is 1. The van der Waals surface area contributed by atoms with Gasteiger partial charge in [0.1, 0.15) is 13.2 Å². The second-order valence-corrected chi connectivity index (χ2v) is 6.03. The van der Waals surface area contributed by atoms with Gasteiger partial charge >= 0.3 is 0 Å². The normalized spacial score (nSPS) is 13.0. The Bertz CT molecular complexity index is 750. The van der Waals surface area contributed by atoms with Crippen LogP contribution in [0.15, 0.2) is 48.5 Å². The van der Waals surface area contributed by atoms with Gasteiger partial charge in [-0.05, 0) is 42.2 Å². The Kier molecular flexibility index (Phi) is 5.73. The molecule has 1 heterocycles. The van der Waals surface area contributed by atoms with Crippen LogP contribution in [-0.4, -0.2) is 19.1 Å². The molecule has 0 bridgehead atoms. The summed E-state index contributed by atoms with van der Waals surface area (Å²) >= 11 is 0. The smallest absolute Gasteiger partial charge is 0.248 e. The van der Waals surface area contributed by atoms with Crippen molar-refractivity contribution in [1.29, 1.82) is 0 Å². The molecular weight excluding hydrogens is 314 g/mol. The van der Waals surface area contributed by atoms with Gasteiger partial charge in [0.15, 0.2) is 11.5 Å². The molecule has 1 aliphatic heterocycles. The lowest BCUT2D eigenvalue weighted by Gasteiger charge is -2.18. The topological polar surface area (TPSA) is 47.6 Å². The van der Waals surface area contributed by atoms with Crippen molar-refractivity contribution in [3.05, 3.63) is 59.7 Å². The van der Waals surface area contributed by atoms with Crippen LogP contribution in [0.4, 0.5) is 5.69 Å². The Labute approximate surface area is 148 Å². The molecule has 2 aromatic carbocycles. The lowest BCUT2D eigenvalue weighted by atomic mass is 10.1. The maximum Gasteiger partial charge on any atom is 0.248 e. The summed E-state index contributed by atoms with van der Waals surface area (Å²) in [4.78, 5) is 12.1. The van der Waals surface area contributed by atoms with Gasteiger partial charge in [-0.2, -0.15) is 0 Å². The van der Waals surface area contributed by atoms with E-state index < -0.39 is 0 Å². The molecule has 3 rings (SSSR count). The summed E-state index contributed by atoms with van der Waals surface area (Å²) in [7, 11) is 0. The number of amides is 1. The van der Waals surface area contributed by atoms with E-state index in [0.29, 0.717) is 30.4 Å². The molecule has 0 unspecified atom stereocenters. The molecule has 2 aromatic rings. The van der Waals surface area contributed by atoms with Crippen LogP contribution in [0.3, 0.4) is 0 Å². The number of benzene rings is 2. The van der Waals surface area contributed by atoms with E-state index in [1.54, 1.807) is 6.07 Å². The molecule has 0 fully saturated rings. The minimum absolute atomic E-state index is 0.174. The third-order valence-corrected chi connectivity index (χ3v) is 4.04. The summed E-state index contributed by atoms with van der Waals surface area (Å²) in [6, 6.07) is 13.7. The Morgan fingerprint density at radius 1 is 1.08 bits per heavy atom. The Hall–Kier alpha value is -2.75. The van der Waals surface area contributed by atoms with Crippen molar-refractivity contribution >= 4 is 17.7 Å². The molecule has 1 amide bonds. The first-order valence-corrected chi connectivity index (χ1v) is 8.72. The van der Waals surface area contributed by atoms with E-state index in [1.807, 2.05) is 30.3 Å². The fourth-order valence-corrected chi connectivity index (χ4v) is 2.65. The molecule has 4 nitrogen and oxygen atoms in total. The van der Waals surface area contributed by atoms with Crippen molar-refractivity contribution in [2.75, 3.05) is 18.5 Å². The lowest BCUT2D eigenvalue weighted by Crippen LogP contribution is -2.16. The predicted octanol–water partition coefficient (Wildman–Crippen LogP) is 4.45. The van der Waals surface area contributed by atoms with Gasteiger partial charge in [-0.3, -0.25) is 4.79 Å². The standard InChI is InChI=1S/C21H23NO3/c1-2-3-4-16-5-7-17(8-6-16)9-12-21(23)22-18-10-11-19-20(15-18)25-14-13-24-19/h5-12,15H,2-4,13-14H2,1H3,(H,22,23)/b12-9+. The van der Waals surface area contributed by atoms with Crippen molar-refractivity contribution in [1.82, 2.24) is 0 Å². The first-order valence-electron chi connectivity index (χ1n) is 8.72. The minimum atomic E-state index is -0.174. The second-order valence-electron chi connectivity index (χ2n) is 6.03. The monoisotopic (exact) mass is 337 g/mol. The maximum atomic E-state index is 12.1. The van der Waals surface area contributed by atoms with Crippen molar-refractivity contribution in [3.63, 3.8) is 0 Å². The van der Waals surface area contributed by atoms with E-state index in [0.717, 1.165) is 12.0 Å². The molecule has 0 aromatic heterocycles. The molecule has 4 heteroatoms. The van der Waals surface area contributed by atoms with Gasteiger partial charge < -0.3 is 14.8 Å². The van der Waals surface area contributed by atoms with Crippen LogP contribution in [0.1, 0.15) is 30.9 Å². The average Bonchev–Trinajstić information content (AvgIpc) is 2.65. The first-order chi connectivity index (χ1) is 12.2. The van der Waals surface area contributed by atoms with E-state index in [-0.39, 0.29) is 5.91 Å². The second kappa shape index (κ2) is 8.38. The molecule has 1 N–H and O–H groups in total. The Morgan fingerprint density at radius 2 is 1.84 bits per heavy atom. The fourth-order valence-electron chi connectivity index (χ4n) is 2.65. The number of hydrogen-bond donors (Lipinski definition) is 1. The molecule has 0 atom stereocenters. The SMILES string of the molecule is CCCCc1ccc(/C=C/C(=O)Nc2ccc3c(c2)OCCO3)cc1. The lowest BCUT2D eigenvalue weighted by molar-refractivity contribution is -0.111. The van der Waals surface area contributed by atoms with Gasteiger partial charge in [0.25, 0.3) is 0 Å². The zero-order valence-electron chi connectivity index (χ0n) is 14.5. The number of carbonyl (C=O) groups is 1. The van der Waals surface area contributed by atoms with Crippen LogP contribution in [-0.2, 0) is 11.2 Å². The third-order valence-electron chi connectivity index (χ3n) is 4.04. The molecular formula is C21H23NO3. The first kappa shape index (κ1) is 17.1. The number of ether oxygens (including phenoxy) is 2. The number of aryl methyl sites for hydroxylation is 1. The predicted molar refractivity (Wildman–Crippen MR) is 100 cm³/mol. The third kappa shape index (κ3) is 4.86. The molecule has 25 heavy (non-hydrogen) atoms. The summed E-state index contributed by atoms with van der Waals surface area (Å²) in [5.74, 6) is 1.20. The van der Waals surface area contributed by atoms with Crippen LogP contribution in [0, 0.1) is 0 Å². The maximum absolute atomic E-state index is 12.1. The number of hydrogen-bond acceptors (Lipinski definition) is 3. The van der Waals surface area contributed by atoms with Gasteiger partial charge in [-0.15, -0.1) is 0 Å². The molecule has 0 radical (unpaired) electrons. The van der Waals surface area contributed by atoms with Crippen LogP contribution in [0.25, 0.3) is 6.08 Å². The molecule has 0 saturated heterocycles. The molecule has 130 valence electrons. The minimum Gasteiger partial charge on any atom is -0.486 e. The highest BCUT2D eigenvalue weighted by Gasteiger charge is 2.12. The van der Waals surface area contributed by atoms with E-state index in [2.05, 4.69) is 24.4 Å². The van der Waals surface area contributed by atoms with E-state index in [9.17, 15) is 4.79 Å². The zero-order chi connectivity index (χ0) is 17.5. The van der Waals surface area contributed by atoms with Crippen LogP contribution >= 0.6 is 0 Å². The summed E-state index contributed by atoms with van der Waals surface area (Å²) < 4.78 is 11.0. The van der Waals surface area contributed by atoms with Gasteiger partial charge in [-0.1, -0.05) is 37.6 Å². The van der Waals surface area contributed by atoms with Gasteiger partial charge in [-0.25, -0.2) is 0 Å². The summed E-state index contributed by atoms with van der Waals surface area (Å²) in [6.07, 6.45) is 6.86. The van der Waals surface area contributed by atoms with Crippen molar-refractivity contribution < 1.29 is 14.3 Å². The van der Waals surface area contributed by atoms with Crippen LogP contribution < -0.4 is 14.8 Å². The van der Waals surface area contributed by atoms with Gasteiger partial charge in [0.05, 0.1) is 0 Å². The molecule has 0 saturated carbocycles. The van der Waals surface area contributed by atoms with Crippen molar-refractivity contribution in [2.45, 2.75) is 26.2 Å². The summed E-state index contributed by atoms with van der Waals surface area (Å²) in [5.41, 5.74) is 3.03. The molecule has 0 spiro atoms. The zero-order valence-corrected chi connectivity index (χ0v) is 14.5. The van der Waals surface area contributed by atoms with Gasteiger partial charge in [0, 0.05) is 17.8 Å². The Balaban J connectivity index is 1.57. The number of fused-ring (bicyclic) bond motifs is 1. The van der Waals surface area contributed by atoms with E-state index >= 15 is 0 Å². The number of anilines is 1. The molecule has 1 aliphatic rings. The highest BCUT2D eigenvalue weighted by Crippen LogP contribution is 2.32. The Morgan fingerprint density at radius 3 is 2.60 bits per heavy atom. The summed E-state index contributed by atoms with van der Waals surface area (Å²) in [5, 5.41) is 2.84. The largest absolute Gasteiger partial charge is 0.486 e. The highest BCUT2D eigenvalue weighted by molar-refractivity contribution is 6.02. The van der Waals surface area contributed by atoms with Crippen LogP contribution in [0.5, 0.6) is 11.5 Å². The van der Waals surface area contributed by atoms with Crippen molar-refractivity contribution in [3.8, 4) is 11.5 Å². The number of carbonyl (C=O) groups excluding carboxylic acids is 1. The number of rotatable bonds is 6. The quantitative estimate of drug-likeness (QED) is 0.792. The van der Waals surface area contributed by atoms with E-state index in [1.165, 1.54) is 24.5 Å².